The average Bonchev–Trinajstić information content (AvgIpc) is 2.97. The molecule has 4 aromatic rings. The molecule has 4 aromatic carbocycles. The molecule has 37 heavy (non-hydrogen) atoms. The molecule has 0 aromatic heterocycles. The zero-order chi connectivity index (χ0) is 25.8. The van der Waals surface area contributed by atoms with E-state index in [0.29, 0.717) is 22.6 Å². The topological polar surface area (TPSA) is 62.6 Å². The second-order valence-corrected chi connectivity index (χ2v) is 8.78. The average molecular weight is 487 g/mol. The van der Waals surface area contributed by atoms with Gasteiger partial charge in [0.25, 0.3) is 5.91 Å². The Morgan fingerprint density at radius 2 is 1.32 bits per heavy atom. The number of benzene rings is 4. The van der Waals surface area contributed by atoms with Crippen LogP contribution < -0.4 is 9.47 Å². The zero-order valence-corrected chi connectivity index (χ0v) is 20.7. The van der Waals surface area contributed by atoms with E-state index in [2.05, 4.69) is 6.07 Å². The number of rotatable bonds is 6. The standard InChI is InChI=1S/C32H26N2O3/c1-36-28-20-26-18-19-34(31(35)25-16-10-5-11-17-25)32(22-33,27(26)21-29(28)37-2)30(23-12-6-3-7-13-23)24-14-8-4-9-15-24/h3-21,30H,1-2H3/t32-/m1/s1. The number of nitriles is 1. The minimum atomic E-state index is -1.43. The van der Waals surface area contributed by atoms with Crippen molar-refractivity contribution in [3.05, 3.63) is 137 Å². The number of hydrogen-bond acceptors (Lipinski definition) is 4. The number of nitrogens with zero attached hydrogens (tertiary/aromatic N) is 2. The molecular formula is C32H26N2O3. The smallest absolute Gasteiger partial charge is 0.259 e. The van der Waals surface area contributed by atoms with Crippen LogP contribution in [0.3, 0.4) is 0 Å². The Morgan fingerprint density at radius 3 is 1.84 bits per heavy atom. The van der Waals surface area contributed by atoms with Gasteiger partial charge in [0.15, 0.2) is 17.0 Å². The van der Waals surface area contributed by atoms with Gasteiger partial charge in [-0.1, -0.05) is 78.9 Å². The number of amides is 1. The maximum atomic E-state index is 14.1. The third kappa shape index (κ3) is 4.03. The second-order valence-electron chi connectivity index (χ2n) is 8.78. The van der Waals surface area contributed by atoms with Crippen molar-refractivity contribution >= 4 is 12.0 Å². The van der Waals surface area contributed by atoms with Crippen LogP contribution in [0.4, 0.5) is 0 Å². The molecule has 5 heteroatoms. The molecule has 0 N–H and O–H groups in total. The third-order valence-corrected chi connectivity index (χ3v) is 6.84. The molecule has 1 atom stereocenters. The summed E-state index contributed by atoms with van der Waals surface area (Å²) in [5, 5.41) is 11.2. The van der Waals surface area contributed by atoms with Crippen molar-refractivity contribution in [3.63, 3.8) is 0 Å². The number of methoxy groups -OCH3 is 2. The molecule has 5 rings (SSSR count). The maximum absolute atomic E-state index is 14.1. The lowest BCUT2D eigenvalue weighted by Gasteiger charge is -2.46. The summed E-state index contributed by atoms with van der Waals surface area (Å²) in [6.45, 7) is 0. The fraction of sp³-hybridized carbons (Fsp3) is 0.125. The summed E-state index contributed by atoms with van der Waals surface area (Å²) in [7, 11) is 3.14. The Bertz CT molecular complexity index is 1440. The van der Waals surface area contributed by atoms with E-state index >= 15 is 0 Å². The van der Waals surface area contributed by atoms with Crippen LogP contribution in [0.25, 0.3) is 6.08 Å². The molecule has 0 bridgehead atoms. The molecular weight excluding hydrogens is 460 g/mol. The molecule has 5 nitrogen and oxygen atoms in total. The van der Waals surface area contributed by atoms with Crippen molar-refractivity contribution < 1.29 is 14.3 Å². The SMILES string of the molecule is COc1cc2c(cc1OC)[C@](C#N)(C(c1ccccc1)c1ccccc1)N(C(=O)c1ccccc1)C=C2. The normalized spacial score (nSPS) is 16.1. The first-order chi connectivity index (χ1) is 18.1. The molecule has 1 aliphatic rings. The van der Waals surface area contributed by atoms with Crippen molar-refractivity contribution in [1.29, 1.82) is 5.26 Å². The van der Waals surface area contributed by atoms with Crippen molar-refractivity contribution in [1.82, 2.24) is 4.90 Å². The van der Waals surface area contributed by atoms with Crippen LogP contribution in [0.2, 0.25) is 0 Å². The summed E-state index contributed by atoms with van der Waals surface area (Å²) in [5.41, 5.74) is 2.34. The number of ether oxygens (including phenoxy) is 2. The van der Waals surface area contributed by atoms with Crippen LogP contribution in [0.15, 0.2) is 109 Å². The first-order valence-corrected chi connectivity index (χ1v) is 12.0. The monoisotopic (exact) mass is 486 g/mol. The van der Waals surface area contributed by atoms with E-state index in [1.54, 1.807) is 37.5 Å². The summed E-state index contributed by atoms with van der Waals surface area (Å²) >= 11 is 0. The van der Waals surface area contributed by atoms with Gasteiger partial charge in [0, 0.05) is 17.3 Å². The number of carbonyl (C=O) groups is 1. The molecule has 1 heterocycles. The quantitative estimate of drug-likeness (QED) is 0.317. The first-order valence-electron chi connectivity index (χ1n) is 12.0. The van der Waals surface area contributed by atoms with Crippen LogP contribution in [-0.2, 0) is 5.54 Å². The van der Waals surface area contributed by atoms with Crippen molar-refractivity contribution in [3.8, 4) is 17.6 Å². The van der Waals surface area contributed by atoms with Gasteiger partial charge in [-0.2, -0.15) is 5.26 Å². The van der Waals surface area contributed by atoms with Gasteiger partial charge in [0.05, 0.1) is 26.2 Å². The molecule has 0 unspecified atom stereocenters. The fourth-order valence-corrected chi connectivity index (χ4v) is 5.15. The van der Waals surface area contributed by atoms with Crippen LogP contribution in [-0.4, -0.2) is 25.0 Å². The van der Waals surface area contributed by atoms with Gasteiger partial charge in [-0.05, 0) is 47.0 Å². The van der Waals surface area contributed by atoms with Crippen molar-refractivity contribution in [2.24, 2.45) is 0 Å². The van der Waals surface area contributed by atoms with Crippen LogP contribution in [0.1, 0.15) is 38.5 Å². The highest BCUT2D eigenvalue weighted by Gasteiger charge is 2.52. The van der Waals surface area contributed by atoms with E-state index in [9.17, 15) is 10.1 Å². The molecule has 0 radical (unpaired) electrons. The third-order valence-electron chi connectivity index (χ3n) is 6.84. The van der Waals surface area contributed by atoms with Crippen molar-refractivity contribution in [2.75, 3.05) is 14.2 Å². The fourth-order valence-electron chi connectivity index (χ4n) is 5.15. The van der Waals surface area contributed by atoms with Gasteiger partial charge >= 0.3 is 0 Å². The minimum absolute atomic E-state index is 0.268. The van der Waals surface area contributed by atoms with Gasteiger partial charge in [0.1, 0.15) is 0 Å². The number of fused-ring (bicyclic) bond motifs is 1. The largest absolute Gasteiger partial charge is 0.493 e. The summed E-state index contributed by atoms with van der Waals surface area (Å²) in [6.07, 6.45) is 3.56. The molecule has 0 spiro atoms. The molecule has 0 aliphatic carbocycles. The number of carbonyl (C=O) groups excluding carboxylic acids is 1. The van der Waals surface area contributed by atoms with Crippen LogP contribution in [0.5, 0.6) is 11.5 Å². The Morgan fingerprint density at radius 1 is 0.811 bits per heavy atom. The Hall–Kier alpha value is -4.82. The summed E-state index contributed by atoms with van der Waals surface area (Å²) < 4.78 is 11.2. The van der Waals surface area contributed by atoms with E-state index in [1.807, 2.05) is 97.1 Å². The molecule has 0 fully saturated rings. The summed E-state index contributed by atoms with van der Waals surface area (Å²) in [6, 6.07) is 35.0. The van der Waals surface area contributed by atoms with Gasteiger partial charge in [-0.15, -0.1) is 0 Å². The summed E-state index contributed by atoms with van der Waals surface area (Å²) in [5.74, 6) is 0.268. The predicted octanol–water partition coefficient (Wildman–Crippen LogP) is 6.38. The molecule has 1 amide bonds. The van der Waals surface area contributed by atoms with Gasteiger partial charge < -0.3 is 9.47 Å². The molecule has 182 valence electrons. The minimum Gasteiger partial charge on any atom is -0.493 e. The van der Waals surface area contributed by atoms with Gasteiger partial charge in [-0.3, -0.25) is 9.69 Å². The van der Waals surface area contributed by atoms with Gasteiger partial charge in [0.2, 0.25) is 0 Å². The predicted molar refractivity (Wildman–Crippen MR) is 143 cm³/mol. The van der Waals surface area contributed by atoms with E-state index in [4.69, 9.17) is 9.47 Å². The lowest BCUT2D eigenvalue weighted by Crippen LogP contribution is -2.51. The van der Waals surface area contributed by atoms with Crippen molar-refractivity contribution in [2.45, 2.75) is 11.5 Å². The summed E-state index contributed by atoms with van der Waals surface area (Å²) in [4.78, 5) is 15.7. The maximum Gasteiger partial charge on any atom is 0.259 e. The molecule has 0 saturated heterocycles. The van der Waals surface area contributed by atoms with Crippen LogP contribution >= 0.6 is 0 Å². The number of hydrogen-bond donors (Lipinski definition) is 0. The van der Waals surface area contributed by atoms with E-state index in [-0.39, 0.29) is 5.91 Å². The van der Waals surface area contributed by atoms with E-state index < -0.39 is 11.5 Å². The Kier molecular flexibility index (Phi) is 6.49. The molecule has 0 saturated carbocycles. The first kappa shape index (κ1) is 23.9. The zero-order valence-electron chi connectivity index (χ0n) is 20.7. The van der Waals surface area contributed by atoms with Crippen LogP contribution in [0, 0.1) is 11.3 Å². The lowest BCUT2D eigenvalue weighted by atomic mass is 9.68. The second kappa shape index (κ2) is 10.0. The lowest BCUT2D eigenvalue weighted by molar-refractivity contribution is 0.0674. The van der Waals surface area contributed by atoms with E-state index in [0.717, 1.165) is 16.7 Å². The Labute approximate surface area is 216 Å². The highest BCUT2D eigenvalue weighted by molar-refractivity contribution is 5.97. The molecule has 1 aliphatic heterocycles. The van der Waals surface area contributed by atoms with E-state index in [1.165, 1.54) is 0 Å². The Balaban J connectivity index is 1.86. The van der Waals surface area contributed by atoms with Gasteiger partial charge in [-0.25, -0.2) is 0 Å². The highest BCUT2D eigenvalue weighted by atomic mass is 16.5. The highest BCUT2D eigenvalue weighted by Crippen LogP contribution is 2.51.